The first-order valence-corrected chi connectivity index (χ1v) is 7.27. The van der Waals surface area contributed by atoms with Crippen LogP contribution in [0.5, 0.6) is 0 Å². The molecular formula is C14H28N2O2. The van der Waals surface area contributed by atoms with Crippen molar-refractivity contribution in [1.29, 1.82) is 0 Å². The van der Waals surface area contributed by atoms with Crippen LogP contribution in [0.25, 0.3) is 0 Å². The molecule has 1 rings (SSSR count). The number of nitrogens with one attached hydrogen (secondary N) is 1. The van der Waals surface area contributed by atoms with Gasteiger partial charge in [0, 0.05) is 32.7 Å². The van der Waals surface area contributed by atoms with E-state index in [1.54, 1.807) is 6.92 Å². The number of aliphatic hydroxyl groups excluding tert-OH is 1. The highest BCUT2D eigenvalue weighted by atomic mass is 16.3. The van der Waals surface area contributed by atoms with Crippen molar-refractivity contribution in [1.82, 2.24) is 10.2 Å². The molecule has 1 aliphatic rings. The summed E-state index contributed by atoms with van der Waals surface area (Å²) < 4.78 is 0. The number of carbonyl (C=O) groups is 1. The maximum Gasteiger partial charge on any atom is 0.219 e. The van der Waals surface area contributed by atoms with E-state index in [0.29, 0.717) is 12.0 Å². The zero-order valence-electron chi connectivity index (χ0n) is 11.8. The second-order valence-corrected chi connectivity index (χ2v) is 5.36. The van der Waals surface area contributed by atoms with E-state index in [-0.39, 0.29) is 12.5 Å². The third-order valence-corrected chi connectivity index (χ3v) is 3.87. The Morgan fingerprint density at radius 2 is 2.06 bits per heavy atom. The number of hydrogen-bond donors (Lipinski definition) is 2. The molecule has 0 bridgehead atoms. The molecule has 18 heavy (non-hydrogen) atoms. The van der Waals surface area contributed by atoms with Gasteiger partial charge in [-0.05, 0) is 38.1 Å². The second kappa shape index (κ2) is 8.48. The van der Waals surface area contributed by atoms with Gasteiger partial charge in [-0.2, -0.15) is 0 Å². The number of rotatable bonds is 7. The lowest BCUT2D eigenvalue weighted by Gasteiger charge is -2.32. The molecule has 1 saturated heterocycles. The van der Waals surface area contributed by atoms with Gasteiger partial charge >= 0.3 is 0 Å². The number of amides is 1. The highest BCUT2D eigenvalue weighted by molar-refractivity contribution is 5.73. The van der Waals surface area contributed by atoms with Gasteiger partial charge in [0.1, 0.15) is 0 Å². The SMILES string of the molecule is CCCC(CCO)CNC1CCN(C(C)=O)CC1. The Bertz CT molecular complexity index is 232. The van der Waals surface area contributed by atoms with Crippen LogP contribution in [0.1, 0.15) is 46.0 Å². The van der Waals surface area contributed by atoms with Crippen molar-refractivity contribution in [3.8, 4) is 0 Å². The minimum absolute atomic E-state index is 0.192. The molecule has 1 amide bonds. The number of aliphatic hydroxyl groups is 1. The van der Waals surface area contributed by atoms with Gasteiger partial charge < -0.3 is 15.3 Å². The molecule has 1 unspecified atom stereocenters. The zero-order chi connectivity index (χ0) is 13.4. The summed E-state index contributed by atoms with van der Waals surface area (Å²) in [6.07, 6.45) is 5.36. The van der Waals surface area contributed by atoms with Crippen molar-refractivity contribution >= 4 is 5.91 Å². The third-order valence-electron chi connectivity index (χ3n) is 3.87. The summed E-state index contributed by atoms with van der Waals surface area (Å²) in [7, 11) is 0. The lowest BCUT2D eigenvalue weighted by atomic mass is 9.98. The Labute approximate surface area is 111 Å². The number of hydrogen-bond acceptors (Lipinski definition) is 3. The molecule has 106 valence electrons. The van der Waals surface area contributed by atoms with E-state index in [2.05, 4.69) is 12.2 Å². The first-order chi connectivity index (χ1) is 8.67. The van der Waals surface area contributed by atoms with E-state index in [4.69, 9.17) is 5.11 Å². The Hall–Kier alpha value is -0.610. The number of carbonyl (C=O) groups excluding carboxylic acids is 1. The molecule has 0 aromatic heterocycles. The second-order valence-electron chi connectivity index (χ2n) is 5.36. The monoisotopic (exact) mass is 256 g/mol. The molecule has 1 fully saturated rings. The minimum atomic E-state index is 0.192. The highest BCUT2D eigenvalue weighted by Gasteiger charge is 2.20. The van der Waals surface area contributed by atoms with E-state index < -0.39 is 0 Å². The van der Waals surface area contributed by atoms with Gasteiger partial charge in [0.25, 0.3) is 0 Å². The van der Waals surface area contributed by atoms with E-state index in [0.717, 1.165) is 38.9 Å². The minimum Gasteiger partial charge on any atom is -0.396 e. The van der Waals surface area contributed by atoms with Crippen molar-refractivity contribution < 1.29 is 9.90 Å². The molecule has 0 aliphatic carbocycles. The van der Waals surface area contributed by atoms with Crippen LogP contribution in [0.3, 0.4) is 0 Å². The standard InChI is InChI=1S/C14H28N2O2/c1-3-4-13(7-10-17)11-15-14-5-8-16(9-6-14)12(2)18/h13-15,17H,3-11H2,1-2H3. The van der Waals surface area contributed by atoms with E-state index in [9.17, 15) is 4.79 Å². The number of likely N-dealkylation sites (tertiary alicyclic amines) is 1. The summed E-state index contributed by atoms with van der Waals surface area (Å²) >= 11 is 0. The first kappa shape index (κ1) is 15.4. The summed E-state index contributed by atoms with van der Waals surface area (Å²) in [6, 6.07) is 0.540. The average Bonchev–Trinajstić information content (AvgIpc) is 2.37. The molecule has 2 N–H and O–H groups in total. The smallest absolute Gasteiger partial charge is 0.219 e. The maximum atomic E-state index is 11.2. The third kappa shape index (κ3) is 5.36. The van der Waals surface area contributed by atoms with Crippen LogP contribution in [0, 0.1) is 5.92 Å². The molecule has 0 radical (unpaired) electrons. The Kier molecular flexibility index (Phi) is 7.28. The lowest BCUT2D eigenvalue weighted by molar-refractivity contribution is -0.129. The van der Waals surface area contributed by atoms with Crippen molar-refractivity contribution in [2.75, 3.05) is 26.2 Å². The predicted molar refractivity (Wildman–Crippen MR) is 73.4 cm³/mol. The molecule has 4 heteroatoms. The predicted octanol–water partition coefficient (Wildman–Crippen LogP) is 1.39. The lowest BCUT2D eigenvalue weighted by Crippen LogP contribution is -2.45. The van der Waals surface area contributed by atoms with E-state index in [1.165, 1.54) is 12.8 Å². The first-order valence-electron chi connectivity index (χ1n) is 7.27. The van der Waals surface area contributed by atoms with Gasteiger partial charge in [0.15, 0.2) is 0 Å². The fraction of sp³-hybridized carbons (Fsp3) is 0.929. The van der Waals surface area contributed by atoms with Crippen LogP contribution in [0.4, 0.5) is 0 Å². The summed E-state index contributed by atoms with van der Waals surface area (Å²) in [5.41, 5.74) is 0. The largest absolute Gasteiger partial charge is 0.396 e. The summed E-state index contributed by atoms with van der Waals surface area (Å²) in [4.78, 5) is 13.1. The van der Waals surface area contributed by atoms with Crippen molar-refractivity contribution in [3.63, 3.8) is 0 Å². The molecule has 1 heterocycles. The zero-order valence-corrected chi connectivity index (χ0v) is 11.8. The van der Waals surface area contributed by atoms with Crippen molar-refractivity contribution in [3.05, 3.63) is 0 Å². The fourth-order valence-corrected chi connectivity index (χ4v) is 2.67. The Balaban J connectivity index is 2.21. The summed E-state index contributed by atoms with van der Waals surface area (Å²) in [5.74, 6) is 0.781. The van der Waals surface area contributed by atoms with E-state index in [1.807, 2.05) is 4.90 Å². The quantitative estimate of drug-likeness (QED) is 0.723. The fourth-order valence-electron chi connectivity index (χ4n) is 2.67. The molecule has 1 atom stereocenters. The van der Waals surface area contributed by atoms with Gasteiger partial charge in [0.05, 0.1) is 0 Å². The van der Waals surface area contributed by atoms with Crippen LogP contribution >= 0.6 is 0 Å². The number of piperidine rings is 1. The van der Waals surface area contributed by atoms with Gasteiger partial charge in [-0.15, -0.1) is 0 Å². The van der Waals surface area contributed by atoms with Crippen LogP contribution < -0.4 is 5.32 Å². The van der Waals surface area contributed by atoms with Crippen LogP contribution in [0.15, 0.2) is 0 Å². The van der Waals surface area contributed by atoms with Gasteiger partial charge in [-0.3, -0.25) is 4.79 Å². The summed E-state index contributed by atoms with van der Waals surface area (Å²) in [5, 5.41) is 12.6. The Morgan fingerprint density at radius 1 is 1.39 bits per heavy atom. The highest BCUT2D eigenvalue weighted by Crippen LogP contribution is 2.13. The van der Waals surface area contributed by atoms with Gasteiger partial charge in [-0.25, -0.2) is 0 Å². The van der Waals surface area contributed by atoms with Crippen LogP contribution in [-0.2, 0) is 4.79 Å². The van der Waals surface area contributed by atoms with Crippen LogP contribution in [-0.4, -0.2) is 48.2 Å². The normalized spacial score (nSPS) is 18.9. The molecule has 0 aromatic rings. The molecular weight excluding hydrogens is 228 g/mol. The van der Waals surface area contributed by atoms with Crippen molar-refractivity contribution in [2.24, 2.45) is 5.92 Å². The van der Waals surface area contributed by atoms with Crippen LogP contribution in [0.2, 0.25) is 0 Å². The molecule has 0 spiro atoms. The van der Waals surface area contributed by atoms with Gasteiger partial charge in [-0.1, -0.05) is 13.3 Å². The average molecular weight is 256 g/mol. The molecule has 0 aromatic carbocycles. The maximum absolute atomic E-state index is 11.2. The molecule has 1 aliphatic heterocycles. The van der Waals surface area contributed by atoms with E-state index >= 15 is 0 Å². The van der Waals surface area contributed by atoms with Crippen molar-refractivity contribution in [2.45, 2.75) is 52.0 Å². The molecule has 0 saturated carbocycles. The summed E-state index contributed by atoms with van der Waals surface area (Å²) in [6.45, 7) is 6.88. The topological polar surface area (TPSA) is 52.6 Å². The van der Waals surface area contributed by atoms with Gasteiger partial charge in [0.2, 0.25) is 5.91 Å². The number of nitrogens with zero attached hydrogens (tertiary/aromatic N) is 1. The Morgan fingerprint density at radius 3 is 2.56 bits per heavy atom. The molecule has 4 nitrogen and oxygen atoms in total.